The summed E-state index contributed by atoms with van der Waals surface area (Å²) in [6.07, 6.45) is 0.884. The van der Waals surface area contributed by atoms with Crippen molar-refractivity contribution in [3.8, 4) is 0 Å². The van der Waals surface area contributed by atoms with Crippen LogP contribution in [-0.4, -0.2) is 33.6 Å². The van der Waals surface area contributed by atoms with Crippen LogP contribution in [0.2, 0.25) is 0 Å². The maximum absolute atomic E-state index is 13.5. The molecule has 1 atom stereocenters. The van der Waals surface area contributed by atoms with E-state index in [9.17, 15) is 14.0 Å². The molecule has 5 nitrogen and oxygen atoms in total. The Morgan fingerprint density at radius 3 is 2.46 bits per heavy atom. The van der Waals surface area contributed by atoms with Crippen molar-refractivity contribution in [1.82, 2.24) is 14.5 Å². The molecule has 0 radical (unpaired) electrons. The molecule has 0 aliphatic rings. The normalized spacial score (nSPS) is 13.1. The average molecular weight is 335 g/mol. The van der Waals surface area contributed by atoms with Crippen molar-refractivity contribution in [3.05, 3.63) is 44.9 Å². The standard InChI is InChI=1S/C18H26FN3O2/c1-5-21(6-2)14(9-12(3)4)11-22-17(23)15-10-13(19)7-8-16(15)20-18(22)24/h7-8,10,12,14H,5-6,9,11H2,1-4H3,(H,20,24). The first-order valence-electron chi connectivity index (χ1n) is 8.53. The minimum absolute atomic E-state index is 0.0878. The van der Waals surface area contributed by atoms with E-state index in [-0.39, 0.29) is 11.4 Å². The lowest BCUT2D eigenvalue weighted by molar-refractivity contribution is 0.169. The van der Waals surface area contributed by atoms with Gasteiger partial charge in [-0.05, 0) is 43.6 Å². The van der Waals surface area contributed by atoms with Crippen LogP contribution < -0.4 is 11.2 Å². The summed E-state index contributed by atoms with van der Waals surface area (Å²) in [6.45, 7) is 10.4. The van der Waals surface area contributed by atoms with Gasteiger partial charge in [0.15, 0.2) is 0 Å². The van der Waals surface area contributed by atoms with E-state index in [2.05, 4.69) is 37.6 Å². The third-order valence-electron chi connectivity index (χ3n) is 4.41. The van der Waals surface area contributed by atoms with Gasteiger partial charge in [-0.15, -0.1) is 0 Å². The predicted octanol–water partition coefficient (Wildman–Crippen LogP) is 2.59. The van der Waals surface area contributed by atoms with Crippen LogP contribution in [-0.2, 0) is 6.54 Å². The third-order valence-corrected chi connectivity index (χ3v) is 4.41. The lowest BCUT2D eigenvalue weighted by Gasteiger charge is -2.31. The predicted molar refractivity (Wildman–Crippen MR) is 95.0 cm³/mol. The Balaban J connectivity index is 2.49. The van der Waals surface area contributed by atoms with Gasteiger partial charge in [-0.3, -0.25) is 14.3 Å². The van der Waals surface area contributed by atoms with E-state index in [4.69, 9.17) is 0 Å². The molecule has 0 bridgehead atoms. The Bertz CT molecular complexity index is 806. The summed E-state index contributed by atoms with van der Waals surface area (Å²) in [6, 6.07) is 3.93. The second kappa shape index (κ2) is 7.75. The van der Waals surface area contributed by atoms with Crippen LogP contribution in [0.1, 0.15) is 34.1 Å². The molecule has 0 aliphatic heterocycles. The fourth-order valence-corrected chi connectivity index (χ4v) is 3.22. The molecular formula is C18H26FN3O2. The van der Waals surface area contributed by atoms with Gasteiger partial charge in [0, 0.05) is 12.6 Å². The van der Waals surface area contributed by atoms with Gasteiger partial charge in [0.25, 0.3) is 5.56 Å². The molecule has 2 aromatic rings. The molecule has 1 unspecified atom stereocenters. The van der Waals surface area contributed by atoms with Crippen molar-refractivity contribution in [3.63, 3.8) is 0 Å². The number of hydrogen-bond acceptors (Lipinski definition) is 3. The van der Waals surface area contributed by atoms with Crippen LogP contribution in [0.15, 0.2) is 27.8 Å². The maximum Gasteiger partial charge on any atom is 0.328 e. The minimum Gasteiger partial charge on any atom is -0.307 e. The summed E-state index contributed by atoms with van der Waals surface area (Å²) in [4.78, 5) is 30.0. The maximum atomic E-state index is 13.5. The Morgan fingerprint density at radius 1 is 1.21 bits per heavy atom. The van der Waals surface area contributed by atoms with Gasteiger partial charge >= 0.3 is 5.69 Å². The zero-order valence-electron chi connectivity index (χ0n) is 14.8. The molecule has 0 spiro atoms. The average Bonchev–Trinajstić information content (AvgIpc) is 2.52. The van der Waals surface area contributed by atoms with Gasteiger partial charge < -0.3 is 4.98 Å². The molecule has 0 amide bonds. The van der Waals surface area contributed by atoms with Crippen molar-refractivity contribution < 1.29 is 4.39 Å². The van der Waals surface area contributed by atoms with Gasteiger partial charge in [0.1, 0.15) is 5.82 Å². The second-order valence-electron chi connectivity index (χ2n) is 6.54. The smallest absolute Gasteiger partial charge is 0.307 e. The lowest BCUT2D eigenvalue weighted by atomic mass is 10.0. The van der Waals surface area contributed by atoms with E-state index < -0.39 is 17.1 Å². The quantitative estimate of drug-likeness (QED) is 0.846. The molecule has 132 valence electrons. The Hall–Kier alpha value is -1.95. The third kappa shape index (κ3) is 3.93. The summed E-state index contributed by atoms with van der Waals surface area (Å²) in [5, 5.41) is 0.206. The summed E-state index contributed by atoms with van der Waals surface area (Å²) in [5.74, 6) is -0.0380. The van der Waals surface area contributed by atoms with Crippen LogP contribution in [0.25, 0.3) is 10.9 Å². The van der Waals surface area contributed by atoms with Gasteiger partial charge in [-0.1, -0.05) is 27.7 Å². The number of halogens is 1. The zero-order chi connectivity index (χ0) is 17.9. The highest BCUT2D eigenvalue weighted by Crippen LogP contribution is 2.13. The Labute approximate surface area is 141 Å². The number of aromatic amines is 1. The summed E-state index contributed by atoms with van der Waals surface area (Å²) < 4.78 is 14.7. The van der Waals surface area contributed by atoms with Crippen LogP contribution in [0.4, 0.5) is 4.39 Å². The van der Waals surface area contributed by atoms with Crippen molar-refractivity contribution in [2.24, 2.45) is 5.92 Å². The number of nitrogens with one attached hydrogen (secondary N) is 1. The molecule has 2 rings (SSSR count). The fourth-order valence-electron chi connectivity index (χ4n) is 3.22. The molecule has 1 aromatic heterocycles. The first-order valence-corrected chi connectivity index (χ1v) is 8.53. The van der Waals surface area contributed by atoms with E-state index in [1.807, 2.05) is 0 Å². The number of hydrogen-bond donors (Lipinski definition) is 1. The molecular weight excluding hydrogens is 309 g/mol. The molecule has 0 fully saturated rings. The van der Waals surface area contributed by atoms with E-state index in [1.165, 1.54) is 22.8 Å². The Morgan fingerprint density at radius 2 is 1.88 bits per heavy atom. The number of H-pyrrole nitrogens is 1. The fraction of sp³-hybridized carbons (Fsp3) is 0.556. The van der Waals surface area contributed by atoms with Crippen LogP contribution >= 0.6 is 0 Å². The largest absolute Gasteiger partial charge is 0.328 e. The molecule has 1 N–H and O–H groups in total. The number of benzene rings is 1. The monoisotopic (exact) mass is 335 g/mol. The summed E-state index contributed by atoms with van der Waals surface area (Å²) in [5.41, 5.74) is -0.514. The molecule has 24 heavy (non-hydrogen) atoms. The van der Waals surface area contributed by atoms with Crippen LogP contribution in [0, 0.1) is 11.7 Å². The molecule has 1 heterocycles. The SMILES string of the molecule is CCN(CC)C(CC(C)C)Cn1c(=O)[nH]c2ccc(F)cc2c1=O. The number of fused-ring (bicyclic) bond motifs is 1. The number of nitrogens with zero attached hydrogens (tertiary/aromatic N) is 2. The number of rotatable bonds is 7. The lowest BCUT2D eigenvalue weighted by Crippen LogP contribution is -2.45. The van der Waals surface area contributed by atoms with Crippen molar-refractivity contribution in [1.29, 1.82) is 0 Å². The Kier molecular flexibility index (Phi) is 5.94. The first-order chi connectivity index (χ1) is 11.4. The van der Waals surface area contributed by atoms with Gasteiger partial charge in [-0.25, -0.2) is 9.18 Å². The molecule has 0 aliphatic carbocycles. The molecule has 0 saturated carbocycles. The van der Waals surface area contributed by atoms with Gasteiger partial charge in [0.05, 0.1) is 10.9 Å². The highest BCUT2D eigenvalue weighted by atomic mass is 19.1. The molecule has 0 saturated heterocycles. The summed E-state index contributed by atoms with van der Waals surface area (Å²) in [7, 11) is 0. The van der Waals surface area contributed by atoms with E-state index >= 15 is 0 Å². The van der Waals surface area contributed by atoms with Gasteiger partial charge in [0.2, 0.25) is 0 Å². The topological polar surface area (TPSA) is 58.1 Å². The van der Waals surface area contributed by atoms with E-state index in [0.717, 1.165) is 19.5 Å². The van der Waals surface area contributed by atoms with Crippen LogP contribution in [0.5, 0.6) is 0 Å². The van der Waals surface area contributed by atoms with E-state index in [0.29, 0.717) is 18.0 Å². The first kappa shape index (κ1) is 18.4. The number of likely N-dealkylation sites (N-methyl/N-ethyl adjacent to an activating group) is 1. The van der Waals surface area contributed by atoms with Gasteiger partial charge in [-0.2, -0.15) is 0 Å². The molecule has 1 aromatic carbocycles. The summed E-state index contributed by atoms with van der Waals surface area (Å²) >= 11 is 0. The zero-order valence-corrected chi connectivity index (χ0v) is 14.8. The van der Waals surface area contributed by atoms with E-state index in [1.54, 1.807) is 0 Å². The highest BCUT2D eigenvalue weighted by Gasteiger charge is 2.20. The molecule has 6 heteroatoms. The van der Waals surface area contributed by atoms with Crippen molar-refractivity contribution in [2.45, 2.75) is 46.7 Å². The number of aromatic nitrogens is 2. The van der Waals surface area contributed by atoms with Crippen molar-refractivity contribution >= 4 is 10.9 Å². The van der Waals surface area contributed by atoms with Crippen molar-refractivity contribution in [2.75, 3.05) is 13.1 Å². The highest BCUT2D eigenvalue weighted by molar-refractivity contribution is 5.77. The minimum atomic E-state index is -0.485. The second-order valence-corrected chi connectivity index (χ2v) is 6.54. The van der Waals surface area contributed by atoms with Crippen LogP contribution in [0.3, 0.4) is 0 Å².